The molecular weight excluding hydrogens is 348 g/mol. The second-order valence-corrected chi connectivity index (χ2v) is 6.53. The van der Waals surface area contributed by atoms with Crippen LogP contribution in [0.1, 0.15) is 37.4 Å². The van der Waals surface area contributed by atoms with Crippen molar-refractivity contribution in [1.29, 1.82) is 0 Å². The molecule has 0 bridgehead atoms. The lowest BCUT2D eigenvalue weighted by atomic mass is 9.96. The van der Waals surface area contributed by atoms with Gasteiger partial charge in [0.15, 0.2) is 12.4 Å². The fraction of sp³-hybridized carbons (Fsp3) is 0.474. The van der Waals surface area contributed by atoms with E-state index in [9.17, 15) is 9.59 Å². The second-order valence-electron chi connectivity index (χ2n) is 6.53. The topological polar surface area (TPSA) is 97.6 Å². The highest BCUT2D eigenvalue weighted by atomic mass is 16.5. The fourth-order valence-corrected chi connectivity index (χ4v) is 3.01. The molecule has 2 heterocycles. The minimum Gasteiger partial charge on any atom is -0.484 e. The van der Waals surface area contributed by atoms with Crippen molar-refractivity contribution in [2.45, 2.75) is 32.1 Å². The number of ether oxygens (including phenoxy) is 1. The Kier molecular flexibility index (Phi) is 6.40. The molecule has 1 saturated heterocycles. The van der Waals surface area contributed by atoms with E-state index in [1.54, 1.807) is 19.1 Å². The van der Waals surface area contributed by atoms with E-state index in [1.807, 2.05) is 23.1 Å². The SMILES string of the molecule is CC(=O)N1CCC(c2noc(CCNC(=O)COc3ccccc3)n2)CC1. The number of piperidine rings is 1. The van der Waals surface area contributed by atoms with Crippen LogP contribution < -0.4 is 10.1 Å². The van der Waals surface area contributed by atoms with Gasteiger partial charge in [0.25, 0.3) is 5.91 Å². The van der Waals surface area contributed by atoms with Gasteiger partial charge in [-0.3, -0.25) is 9.59 Å². The molecular formula is C19H24N4O4. The van der Waals surface area contributed by atoms with Crippen molar-refractivity contribution in [2.75, 3.05) is 26.2 Å². The lowest BCUT2D eigenvalue weighted by Crippen LogP contribution is -2.36. The van der Waals surface area contributed by atoms with E-state index in [4.69, 9.17) is 9.26 Å². The summed E-state index contributed by atoms with van der Waals surface area (Å²) in [6, 6.07) is 9.19. The number of amides is 2. The van der Waals surface area contributed by atoms with Gasteiger partial charge < -0.3 is 19.5 Å². The van der Waals surface area contributed by atoms with Crippen molar-refractivity contribution in [3.63, 3.8) is 0 Å². The van der Waals surface area contributed by atoms with Gasteiger partial charge in [0.1, 0.15) is 5.75 Å². The predicted octanol–water partition coefficient (Wildman–Crippen LogP) is 1.53. The zero-order chi connectivity index (χ0) is 19.1. The summed E-state index contributed by atoms with van der Waals surface area (Å²) in [5.41, 5.74) is 0. The molecule has 2 aromatic rings. The third-order valence-corrected chi connectivity index (χ3v) is 4.56. The third-order valence-electron chi connectivity index (χ3n) is 4.56. The Bertz CT molecular complexity index is 754. The molecule has 1 aliphatic rings. The van der Waals surface area contributed by atoms with E-state index >= 15 is 0 Å². The van der Waals surface area contributed by atoms with Crippen LogP contribution >= 0.6 is 0 Å². The zero-order valence-corrected chi connectivity index (χ0v) is 15.4. The molecule has 1 aromatic heterocycles. The molecule has 27 heavy (non-hydrogen) atoms. The smallest absolute Gasteiger partial charge is 0.257 e. The first kappa shape index (κ1) is 18.9. The standard InChI is InChI=1S/C19H24N4O4/c1-14(24)23-11-8-15(9-12-23)19-21-18(27-22-19)7-10-20-17(25)13-26-16-5-3-2-4-6-16/h2-6,15H,7-13H2,1H3,(H,20,25). The van der Waals surface area contributed by atoms with Gasteiger partial charge in [0.05, 0.1) is 0 Å². The largest absolute Gasteiger partial charge is 0.484 e. The number of hydrogen-bond acceptors (Lipinski definition) is 6. The Hall–Kier alpha value is -2.90. The van der Waals surface area contributed by atoms with Crippen LogP contribution in [0.3, 0.4) is 0 Å². The van der Waals surface area contributed by atoms with E-state index in [0.717, 1.165) is 25.9 Å². The normalized spacial score (nSPS) is 14.8. The molecule has 8 heteroatoms. The van der Waals surface area contributed by atoms with Crippen molar-refractivity contribution in [3.05, 3.63) is 42.0 Å². The first-order valence-electron chi connectivity index (χ1n) is 9.14. The molecule has 0 radical (unpaired) electrons. The van der Waals surface area contributed by atoms with Gasteiger partial charge in [-0.1, -0.05) is 23.4 Å². The highest BCUT2D eigenvalue weighted by molar-refractivity contribution is 5.77. The zero-order valence-electron chi connectivity index (χ0n) is 15.4. The van der Waals surface area contributed by atoms with E-state index < -0.39 is 0 Å². The number of nitrogens with one attached hydrogen (secondary N) is 1. The minimum atomic E-state index is -0.199. The van der Waals surface area contributed by atoms with Gasteiger partial charge in [-0.25, -0.2) is 0 Å². The Morgan fingerprint density at radius 2 is 2.00 bits per heavy atom. The van der Waals surface area contributed by atoms with Crippen molar-refractivity contribution < 1.29 is 18.8 Å². The Morgan fingerprint density at radius 1 is 1.26 bits per heavy atom. The molecule has 0 saturated carbocycles. The number of benzene rings is 1. The molecule has 8 nitrogen and oxygen atoms in total. The molecule has 1 aliphatic heterocycles. The third kappa shape index (κ3) is 5.54. The predicted molar refractivity (Wildman–Crippen MR) is 97.2 cm³/mol. The molecule has 0 spiro atoms. The van der Waals surface area contributed by atoms with Crippen LogP contribution in [0.5, 0.6) is 5.75 Å². The summed E-state index contributed by atoms with van der Waals surface area (Å²) in [5.74, 6) is 1.97. The van der Waals surface area contributed by atoms with Gasteiger partial charge >= 0.3 is 0 Å². The Morgan fingerprint density at radius 3 is 2.70 bits per heavy atom. The quantitative estimate of drug-likeness (QED) is 0.792. The first-order valence-corrected chi connectivity index (χ1v) is 9.14. The van der Waals surface area contributed by atoms with Crippen LogP contribution in [-0.2, 0) is 16.0 Å². The number of carbonyl (C=O) groups is 2. The average Bonchev–Trinajstić information content (AvgIpc) is 3.16. The number of hydrogen-bond donors (Lipinski definition) is 1. The molecule has 1 aromatic carbocycles. The Balaban J connectivity index is 1.37. The molecule has 0 unspecified atom stereocenters. The fourth-order valence-electron chi connectivity index (χ4n) is 3.01. The van der Waals surface area contributed by atoms with Crippen LogP contribution in [0.2, 0.25) is 0 Å². The Labute approximate surface area is 157 Å². The van der Waals surface area contributed by atoms with E-state index in [2.05, 4.69) is 15.5 Å². The molecule has 1 fully saturated rings. The maximum atomic E-state index is 11.8. The van der Waals surface area contributed by atoms with Gasteiger partial charge in [0, 0.05) is 38.9 Å². The second kappa shape index (κ2) is 9.16. The van der Waals surface area contributed by atoms with Crippen LogP contribution in [0.4, 0.5) is 0 Å². The number of para-hydroxylation sites is 1. The highest BCUT2D eigenvalue weighted by Crippen LogP contribution is 2.25. The summed E-state index contributed by atoms with van der Waals surface area (Å²) >= 11 is 0. The van der Waals surface area contributed by atoms with Crippen molar-refractivity contribution >= 4 is 11.8 Å². The van der Waals surface area contributed by atoms with Crippen LogP contribution in [0, 0.1) is 0 Å². The lowest BCUT2D eigenvalue weighted by Gasteiger charge is -2.29. The first-order chi connectivity index (χ1) is 13.1. The number of aromatic nitrogens is 2. The van der Waals surface area contributed by atoms with E-state index in [0.29, 0.717) is 30.4 Å². The molecule has 1 N–H and O–H groups in total. The average molecular weight is 372 g/mol. The number of rotatable bonds is 7. The lowest BCUT2D eigenvalue weighted by molar-refractivity contribution is -0.129. The van der Waals surface area contributed by atoms with Crippen molar-refractivity contribution in [1.82, 2.24) is 20.4 Å². The van der Waals surface area contributed by atoms with Crippen LogP contribution in [0.15, 0.2) is 34.9 Å². The number of likely N-dealkylation sites (tertiary alicyclic amines) is 1. The van der Waals surface area contributed by atoms with E-state index in [1.165, 1.54) is 0 Å². The number of nitrogens with zero attached hydrogens (tertiary/aromatic N) is 3. The summed E-state index contributed by atoms with van der Waals surface area (Å²) in [4.78, 5) is 29.5. The highest BCUT2D eigenvalue weighted by Gasteiger charge is 2.25. The molecule has 0 aliphatic carbocycles. The van der Waals surface area contributed by atoms with Crippen LogP contribution in [-0.4, -0.2) is 53.1 Å². The van der Waals surface area contributed by atoms with Crippen molar-refractivity contribution in [3.8, 4) is 5.75 Å². The van der Waals surface area contributed by atoms with Crippen LogP contribution in [0.25, 0.3) is 0 Å². The molecule has 0 atom stereocenters. The van der Waals surface area contributed by atoms with Gasteiger partial charge in [-0.2, -0.15) is 4.98 Å². The summed E-state index contributed by atoms with van der Waals surface area (Å²) in [7, 11) is 0. The maximum Gasteiger partial charge on any atom is 0.257 e. The molecule has 2 amide bonds. The monoisotopic (exact) mass is 372 g/mol. The summed E-state index contributed by atoms with van der Waals surface area (Å²) in [6.45, 7) is 3.41. The molecule has 144 valence electrons. The summed E-state index contributed by atoms with van der Waals surface area (Å²) in [6.07, 6.45) is 2.15. The maximum absolute atomic E-state index is 11.8. The molecule has 3 rings (SSSR count). The van der Waals surface area contributed by atoms with Gasteiger partial charge in [-0.15, -0.1) is 0 Å². The van der Waals surface area contributed by atoms with Gasteiger partial charge in [0.2, 0.25) is 11.8 Å². The van der Waals surface area contributed by atoms with Crippen molar-refractivity contribution in [2.24, 2.45) is 0 Å². The number of carbonyl (C=O) groups excluding carboxylic acids is 2. The summed E-state index contributed by atoms with van der Waals surface area (Å²) < 4.78 is 10.7. The van der Waals surface area contributed by atoms with Gasteiger partial charge in [-0.05, 0) is 25.0 Å². The van der Waals surface area contributed by atoms with E-state index in [-0.39, 0.29) is 24.3 Å². The minimum absolute atomic E-state index is 0.0339. The summed E-state index contributed by atoms with van der Waals surface area (Å²) in [5, 5.41) is 6.83.